The van der Waals surface area contributed by atoms with Gasteiger partial charge in [0, 0.05) is 54.7 Å². The van der Waals surface area contributed by atoms with E-state index < -0.39 is 0 Å². The fraction of sp³-hybridized carbons (Fsp3) is 0.444. The van der Waals surface area contributed by atoms with Crippen LogP contribution in [0.15, 0.2) is 18.2 Å². The number of nitriles is 1. The van der Waals surface area contributed by atoms with Gasteiger partial charge in [-0.25, -0.2) is 0 Å². The molecule has 4 rings (SSSR count). The Hall–Kier alpha value is -2.16. The molecule has 2 aliphatic heterocycles. The maximum Gasteiger partial charge on any atom is 0.150 e. The number of fused-ring (bicyclic) bond motifs is 3. The average Bonchev–Trinajstić information content (AvgIpc) is 3.27. The highest BCUT2D eigenvalue weighted by Crippen LogP contribution is 2.27. The standard InChI is InChI=1S/C18H20N4O/c1-12-13(11-23)2-3-18-17(12)7-15(8-19)22(18)5-4-21-10-14-6-16(21)9-20-14/h2-3,7,11,14,16,20H,4-6,9-10H2,1H3. The van der Waals surface area contributed by atoms with Crippen molar-refractivity contribution in [2.24, 2.45) is 0 Å². The zero-order valence-electron chi connectivity index (χ0n) is 13.2. The fourth-order valence-electron chi connectivity index (χ4n) is 4.10. The van der Waals surface area contributed by atoms with Crippen molar-refractivity contribution in [3.05, 3.63) is 35.0 Å². The molecule has 2 aliphatic rings. The van der Waals surface area contributed by atoms with E-state index in [1.54, 1.807) is 0 Å². The van der Waals surface area contributed by atoms with E-state index in [0.29, 0.717) is 23.3 Å². The number of piperazine rings is 1. The first kappa shape index (κ1) is 14.4. The van der Waals surface area contributed by atoms with Gasteiger partial charge in [-0.1, -0.05) is 0 Å². The van der Waals surface area contributed by atoms with Gasteiger partial charge < -0.3 is 9.88 Å². The molecule has 0 saturated carbocycles. The number of aromatic nitrogens is 1. The summed E-state index contributed by atoms with van der Waals surface area (Å²) in [7, 11) is 0. The third-order valence-corrected chi connectivity index (χ3v) is 5.42. The minimum atomic E-state index is 0.647. The summed E-state index contributed by atoms with van der Waals surface area (Å²) in [6.45, 7) is 5.93. The lowest BCUT2D eigenvalue weighted by Gasteiger charge is -2.27. The van der Waals surface area contributed by atoms with E-state index >= 15 is 0 Å². The summed E-state index contributed by atoms with van der Waals surface area (Å²) in [5, 5.41) is 14.0. The van der Waals surface area contributed by atoms with E-state index in [1.807, 2.05) is 25.1 Å². The molecule has 0 radical (unpaired) electrons. The predicted octanol–water partition coefficient (Wildman–Crippen LogP) is 1.68. The number of carbonyl (C=O) groups is 1. The van der Waals surface area contributed by atoms with E-state index in [9.17, 15) is 10.1 Å². The lowest BCUT2D eigenvalue weighted by atomic mass is 10.1. The van der Waals surface area contributed by atoms with Crippen LogP contribution in [0.2, 0.25) is 0 Å². The first-order chi connectivity index (χ1) is 11.2. The molecule has 2 unspecified atom stereocenters. The smallest absolute Gasteiger partial charge is 0.150 e. The molecule has 5 heteroatoms. The summed E-state index contributed by atoms with van der Waals surface area (Å²) in [5.74, 6) is 0. The van der Waals surface area contributed by atoms with Crippen molar-refractivity contribution in [2.75, 3.05) is 19.6 Å². The van der Waals surface area contributed by atoms with Crippen molar-refractivity contribution < 1.29 is 4.79 Å². The number of aldehydes is 1. The molecule has 23 heavy (non-hydrogen) atoms. The number of likely N-dealkylation sites (tertiary alicyclic amines) is 1. The van der Waals surface area contributed by atoms with Crippen LogP contribution in [0, 0.1) is 18.3 Å². The summed E-state index contributed by atoms with van der Waals surface area (Å²) < 4.78 is 2.09. The lowest BCUT2D eigenvalue weighted by molar-refractivity contribution is 0.112. The van der Waals surface area contributed by atoms with E-state index in [4.69, 9.17) is 0 Å². The van der Waals surface area contributed by atoms with Crippen LogP contribution in [-0.4, -0.2) is 47.5 Å². The third kappa shape index (κ3) is 2.26. The van der Waals surface area contributed by atoms with E-state index in [1.165, 1.54) is 6.42 Å². The van der Waals surface area contributed by atoms with Gasteiger partial charge in [-0.2, -0.15) is 5.26 Å². The van der Waals surface area contributed by atoms with Crippen LogP contribution < -0.4 is 5.32 Å². The molecule has 0 amide bonds. The Morgan fingerprint density at radius 2 is 2.30 bits per heavy atom. The molecule has 1 aromatic heterocycles. The molecule has 2 aromatic rings. The van der Waals surface area contributed by atoms with Gasteiger partial charge in [-0.05, 0) is 37.1 Å². The zero-order valence-corrected chi connectivity index (χ0v) is 13.2. The van der Waals surface area contributed by atoms with Crippen molar-refractivity contribution in [2.45, 2.75) is 32.0 Å². The van der Waals surface area contributed by atoms with Gasteiger partial charge in [0.25, 0.3) is 0 Å². The van der Waals surface area contributed by atoms with Gasteiger partial charge in [-0.3, -0.25) is 9.69 Å². The molecule has 2 atom stereocenters. The van der Waals surface area contributed by atoms with Crippen molar-refractivity contribution in [1.29, 1.82) is 5.26 Å². The van der Waals surface area contributed by atoms with E-state index in [2.05, 4.69) is 20.9 Å². The number of carbonyl (C=O) groups excluding carboxylic acids is 1. The van der Waals surface area contributed by atoms with Crippen LogP contribution in [-0.2, 0) is 6.54 Å². The first-order valence-electron chi connectivity index (χ1n) is 8.17. The van der Waals surface area contributed by atoms with Crippen molar-refractivity contribution in [3.8, 4) is 6.07 Å². The third-order valence-electron chi connectivity index (χ3n) is 5.42. The van der Waals surface area contributed by atoms with Crippen molar-refractivity contribution >= 4 is 17.2 Å². The zero-order chi connectivity index (χ0) is 16.0. The highest BCUT2D eigenvalue weighted by molar-refractivity contribution is 5.92. The van der Waals surface area contributed by atoms with Gasteiger partial charge in [0.05, 0.1) is 0 Å². The number of nitrogens with one attached hydrogen (secondary N) is 1. The topological polar surface area (TPSA) is 61.1 Å². The second-order valence-corrected chi connectivity index (χ2v) is 6.61. The largest absolute Gasteiger partial charge is 0.331 e. The number of rotatable bonds is 4. The van der Waals surface area contributed by atoms with Crippen LogP contribution in [0.5, 0.6) is 0 Å². The number of aryl methyl sites for hydroxylation is 1. The number of benzene rings is 1. The Balaban J connectivity index is 1.65. The van der Waals surface area contributed by atoms with Crippen LogP contribution >= 0.6 is 0 Å². The van der Waals surface area contributed by atoms with Gasteiger partial charge >= 0.3 is 0 Å². The number of hydrogen-bond acceptors (Lipinski definition) is 4. The molecule has 2 saturated heterocycles. The highest BCUT2D eigenvalue weighted by atomic mass is 16.1. The second kappa shape index (κ2) is 5.48. The monoisotopic (exact) mass is 308 g/mol. The maximum atomic E-state index is 11.1. The van der Waals surface area contributed by atoms with E-state index in [0.717, 1.165) is 48.9 Å². The molecule has 5 nitrogen and oxygen atoms in total. The molecule has 2 fully saturated rings. The summed E-state index contributed by atoms with van der Waals surface area (Å²) in [6, 6.07) is 9.33. The van der Waals surface area contributed by atoms with Gasteiger partial charge in [0.15, 0.2) is 0 Å². The Labute approximate surface area is 135 Å². The van der Waals surface area contributed by atoms with Gasteiger partial charge in [-0.15, -0.1) is 0 Å². The minimum absolute atomic E-state index is 0.647. The van der Waals surface area contributed by atoms with Crippen LogP contribution in [0.4, 0.5) is 0 Å². The molecule has 3 heterocycles. The molecule has 118 valence electrons. The van der Waals surface area contributed by atoms with Crippen molar-refractivity contribution in [3.63, 3.8) is 0 Å². The Bertz CT molecular complexity index is 817. The normalized spacial score (nSPS) is 23.5. The Morgan fingerprint density at radius 1 is 1.43 bits per heavy atom. The summed E-state index contributed by atoms with van der Waals surface area (Å²) >= 11 is 0. The molecule has 0 spiro atoms. The molecule has 1 N–H and O–H groups in total. The molecule has 2 bridgehead atoms. The number of nitrogens with zero attached hydrogens (tertiary/aromatic N) is 3. The minimum Gasteiger partial charge on any atom is -0.331 e. The van der Waals surface area contributed by atoms with Gasteiger partial charge in [0.2, 0.25) is 0 Å². The van der Waals surface area contributed by atoms with E-state index in [-0.39, 0.29) is 0 Å². The van der Waals surface area contributed by atoms with Crippen LogP contribution in [0.1, 0.15) is 28.0 Å². The molecule has 1 aromatic carbocycles. The molecular weight excluding hydrogens is 288 g/mol. The summed E-state index contributed by atoms with van der Waals surface area (Å²) in [5.41, 5.74) is 3.38. The van der Waals surface area contributed by atoms with Crippen LogP contribution in [0.25, 0.3) is 10.9 Å². The maximum absolute atomic E-state index is 11.1. The summed E-state index contributed by atoms with van der Waals surface area (Å²) in [4.78, 5) is 13.6. The highest BCUT2D eigenvalue weighted by Gasteiger charge is 2.37. The molecule has 0 aliphatic carbocycles. The SMILES string of the molecule is Cc1c(C=O)ccc2c1cc(C#N)n2CCN1CC2CC1CN2. The first-order valence-corrected chi connectivity index (χ1v) is 8.17. The fourth-order valence-corrected chi connectivity index (χ4v) is 4.10. The van der Waals surface area contributed by atoms with Gasteiger partial charge in [0.1, 0.15) is 18.0 Å². The number of hydrogen-bond donors (Lipinski definition) is 1. The molecular formula is C18H20N4O. The lowest BCUT2D eigenvalue weighted by Crippen LogP contribution is -2.44. The Kier molecular flexibility index (Phi) is 3.44. The second-order valence-electron chi connectivity index (χ2n) is 6.61. The Morgan fingerprint density at radius 3 is 2.96 bits per heavy atom. The van der Waals surface area contributed by atoms with Crippen molar-refractivity contribution in [1.82, 2.24) is 14.8 Å². The predicted molar refractivity (Wildman–Crippen MR) is 88.5 cm³/mol. The average molecular weight is 308 g/mol. The summed E-state index contributed by atoms with van der Waals surface area (Å²) in [6.07, 6.45) is 2.13. The van der Waals surface area contributed by atoms with Crippen LogP contribution in [0.3, 0.4) is 0 Å². The quantitative estimate of drug-likeness (QED) is 0.873.